The van der Waals surface area contributed by atoms with Crippen molar-refractivity contribution < 1.29 is 18.7 Å². The molecule has 0 bridgehead atoms. The van der Waals surface area contributed by atoms with E-state index in [-0.39, 0.29) is 11.5 Å². The Morgan fingerprint density at radius 1 is 1.08 bits per heavy atom. The van der Waals surface area contributed by atoms with E-state index in [2.05, 4.69) is 15.5 Å². The molecule has 0 spiro atoms. The van der Waals surface area contributed by atoms with E-state index in [9.17, 15) is 0 Å². The van der Waals surface area contributed by atoms with E-state index in [0.29, 0.717) is 35.5 Å². The third kappa shape index (κ3) is 4.42. The summed E-state index contributed by atoms with van der Waals surface area (Å²) < 4.78 is 21.6. The third-order valence-electron chi connectivity index (χ3n) is 3.89. The van der Waals surface area contributed by atoms with Gasteiger partial charge < -0.3 is 24.1 Å². The average Bonchev–Trinajstić information content (AvgIpc) is 3.09. The molecule has 7 heteroatoms. The number of aromatic nitrogens is 2. The Morgan fingerprint density at radius 3 is 2.12 bits per heavy atom. The first kappa shape index (κ1) is 19.1. The zero-order chi connectivity index (χ0) is 18.6. The summed E-state index contributed by atoms with van der Waals surface area (Å²) >= 11 is 0. The maximum atomic E-state index is 5.47. The van der Waals surface area contributed by atoms with Crippen LogP contribution in [0.3, 0.4) is 0 Å². The Balaban J connectivity index is 2.16. The van der Waals surface area contributed by atoms with Crippen molar-refractivity contribution >= 4 is 0 Å². The maximum Gasteiger partial charge on any atom is 0.243 e. The van der Waals surface area contributed by atoms with Crippen molar-refractivity contribution in [2.75, 3.05) is 21.3 Å². The van der Waals surface area contributed by atoms with Gasteiger partial charge in [-0.2, -0.15) is 4.98 Å². The number of nitrogens with one attached hydrogen (secondary N) is 1. The number of benzene rings is 1. The minimum absolute atomic E-state index is 0.111. The number of hydrogen-bond acceptors (Lipinski definition) is 7. The Bertz CT molecular complexity index is 682. The highest BCUT2D eigenvalue weighted by Crippen LogP contribution is 2.34. The first-order valence-corrected chi connectivity index (χ1v) is 8.16. The van der Waals surface area contributed by atoms with Gasteiger partial charge in [-0.1, -0.05) is 25.9 Å². The minimum Gasteiger partial charge on any atom is -0.496 e. The molecule has 138 valence electrons. The van der Waals surface area contributed by atoms with Gasteiger partial charge in [0.25, 0.3) is 0 Å². The summed E-state index contributed by atoms with van der Waals surface area (Å²) in [6, 6.07) is 3.54. The zero-order valence-electron chi connectivity index (χ0n) is 16.0. The lowest BCUT2D eigenvalue weighted by Crippen LogP contribution is -2.20. The summed E-state index contributed by atoms with van der Waals surface area (Å²) in [7, 11) is 4.85. The van der Waals surface area contributed by atoms with Crippen molar-refractivity contribution in [2.45, 2.75) is 45.7 Å². The molecule has 7 nitrogen and oxygen atoms in total. The van der Waals surface area contributed by atoms with Gasteiger partial charge in [0.1, 0.15) is 17.2 Å². The molecule has 1 N–H and O–H groups in total. The molecule has 0 aliphatic carbocycles. The van der Waals surface area contributed by atoms with E-state index in [1.807, 2.05) is 39.8 Å². The van der Waals surface area contributed by atoms with Crippen LogP contribution in [0.5, 0.6) is 17.2 Å². The van der Waals surface area contributed by atoms with Crippen LogP contribution in [-0.4, -0.2) is 31.5 Å². The summed E-state index contributed by atoms with van der Waals surface area (Å²) in [5.41, 5.74) is 0.748. The average molecular weight is 349 g/mol. The quantitative estimate of drug-likeness (QED) is 0.822. The SMILES string of the molecule is COc1cc(OC)c(CNC(C)c2nc(C(C)(C)C)no2)c(OC)c1. The molecule has 0 saturated heterocycles. The van der Waals surface area contributed by atoms with Crippen molar-refractivity contribution in [1.82, 2.24) is 15.5 Å². The molecule has 0 saturated carbocycles. The van der Waals surface area contributed by atoms with Gasteiger partial charge >= 0.3 is 0 Å². The molecule has 2 aromatic rings. The summed E-state index contributed by atoms with van der Waals surface area (Å²) in [5, 5.41) is 7.43. The zero-order valence-corrected chi connectivity index (χ0v) is 16.0. The number of methoxy groups -OCH3 is 3. The number of ether oxygens (including phenoxy) is 3. The van der Waals surface area contributed by atoms with E-state index in [1.165, 1.54) is 0 Å². The van der Waals surface area contributed by atoms with Crippen molar-refractivity contribution in [3.63, 3.8) is 0 Å². The van der Waals surface area contributed by atoms with E-state index < -0.39 is 0 Å². The summed E-state index contributed by atoms with van der Waals surface area (Å²) in [6.07, 6.45) is 0. The van der Waals surface area contributed by atoms with Gasteiger partial charge in [-0.3, -0.25) is 0 Å². The molecular weight excluding hydrogens is 322 g/mol. The van der Waals surface area contributed by atoms with Crippen LogP contribution >= 0.6 is 0 Å². The first-order valence-electron chi connectivity index (χ1n) is 8.16. The van der Waals surface area contributed by atoms with Gasteiger partial charge in [-0.25, -0.2) is 0 Å². The smallest absolute Gasteiger partial charge is 0.243 e. The van der Waals surface area contributed by atoms with Crippen LogP contribution in [0.2, 0.25) is 0 Å². The fourth-order valence-corrected chi connectivity index (χ4v) is 2.31. The van der Waals surface area contributed by atoms with Crippen molar-refractivity contribution in [2.24, 2.45) is 0 Å². The molecule has 2 rings (SSSR count). The molecule has 0 amide bonds. The Hall–Kier alpha value is -2.28. The maximum absolute atomic E-state index is 5.47. The lowest BCUT2D eigenvalue weighted by molar-refractivity contribution is 0.326. The van der Waals surface area contributed by atoms with E-state index >= 15 is 0 Å². The number of rotatable bonds is 7. The van der Waals surface area contributed by atoms with Crippen LogP contribution in [0.15, 0.2) is 16.7 Å². The molecule has 0 radical (unpaired) electrons. The van der Waals surface area contributed by atoms with Crippen molar-refractivity contribution in [3.8, 4) is 17.2 Å². The van der Waals surface area contributed by atoms with E-state index in [4.69, 9.17) is 18.7 Å². The summed E-state index contributed by atoms with van der Waals surface area (Å²) in [5.74, 6) is 3.30. The minimum atomic E-state index is -0.149. The van der Waals surface area contributed by atoms with Crippen LogP contribution in [0.4, 0.5) is 0 Å². The van der Waals surface area contributed by atoms with E-state index in [1.54, 1.807) is 21.3 Å². The lowest BCUT2D eigenvalue weighted by atomic mass is 9.96. The first-order chi connectivity index (χ1) is 11.8. The van der Waals surface area contributed by atoms with Crippen LogP contribution in [-0.2, 0) is 12.0 Å². The highest BCUT2D eigenvalue weighted by atomic mass is 16.5. The second-order valence-corrected chi connectivity index (χ2v) is 6.82. The molecule has 1 aromatic carbocycles. The monoisotopic (exact) mass is 349 g/mol. The molecular formula is C18H27N3O4. The van der Waals surface area contributed by atoms with Gasteiger partial charge in [-0.15, -0.1) is 0 Å². The lowest BCUT2D eigenvalue weighted by Gasteiger charge is -2.17. The predicted octanol–water partition coefficient (Wildman–Crippen LogP) is 3.24. The van der Waals surface area contributed by atoms with E-state index in [0.717, 1.165) is 5.56 Å². The van der Waals surface area contributed by atoms with Gasteiger partial charge in [-0.05, 0) is 6.92 Å². The largest absolute Gasteiger partial charge is 0.496 e. The molecule has 1 heterocycles. The second kappa shape index (κ2) is 7.74. The van der Waals surface area contributed by atoms with Crippen molar-refractivity contribution in [3.05, 3.63) is 29.4 Å². The van der Waals surface area contributed by atoms with Gasteiger partial charge in [0.2, 0.25) is 5.89 Å². The van der Waals surface area contributed by atoms with Crippen molar-refractivity contribution in [1.29, 1.82) is 0 Å². The Kier molecular flexibility index (Phi) is 5.89. The number of hydrogen-bond donors (Lipinski definition) is 1. The van der Waals surface area contributed by atoms with Crippen LogP contribution < -0.4 is 19.5 Å². The second-order valence-electron chi connectivity index (χ2n) is 6.82. The summed E-state index contributed by atoms with van der Waals surface area (Å²) in [6.45, 7) is 8.64. The van der Waals surface area contributed by atoms with Gasteiger partial charge in [0, 0.05) is 24.1 Å². The molecule has 1 atom stereocenters. The topological polar surface area (TPSA) is 78.6 Å². The molecule has 1 unspecified atom stereocenters. The standard InChI is InChI=1S/C18H27N3O4/c1-11(16-20-17(21-25-16)18(2,3)4)19-10-13-14(23-6)8-12(22-5)9-15(13)24-7/h8-9,11,19H,10H2,1-7H3. The van der Waals surface area contributed by atoms with Crippen LogP contribution in [0, 0.1) is 0 Å². The van der Waals surface area contributed by atoms with Crippen LogP contribution in [0.25, 0.3) is 0 Å². The molecule has 1 aromatic heterocycles. The normalized spacial score (nSPS) is 12.8. The Morgan fingerprint density at radius 2 is 1.68 bits per heavy atom. The van der Waals surface area contributed by atoms with Gasteiger partial charge in [0.05, 0.1) is 32.9 Å². The molecule has 25 heavy (non-hydrogen) atoms. The number of nitrogens with zero attached hydrogens (tertiary/aromatic N) is 2. The van der Waals surface area contributed by atoms with Gasteiger partial charge in [0.15, 0.2) is 5.82 Å². The molecule has 0 aliphatic heterocycles. The Labute approximate surface area is 148 Å². The third-order valence-corrected chi connectivity index (χ3v) is 3.89. The molecule has 0 aliphatic rings. The fourth-order valence-electron chi connectivity index (χ4n) is 2.31. The molecule has 0 fully saturated rings. The van der Waals surface area contributed by atoms with Crippen LogP contribution in [0.1, 0.15) is 51.0 Å². The predicted molar refractivity (Wildman–Crippen MR) is 94.4 cm³/mol. The highest BCUT2D eigenvalue weighted by molar-refractivity contribution is 5.50. The highest BCUT2D eigenvalue weighted by Gasteiger charge is 2.23. The summed E-state index contributed by atoms with van der Waals surface area (Å²) in [4.78, 5) is 4.48. The fraction of sp³-hybridized carbons (Fsp3) is 0.556.